The van der Waals surface area contributed by atoms with Gasteiger partial charge in [0, 0.05) is 51.3 Å². The SMILES string of the molecule is C[C@@H]1CN(CC(C)(C)O)CCN1C(=O)CCCNC(=O)c1ccc(F)cc1F. The van der Waals surface area contributed by atoms with E-state index in [0.717, 1.165) is 12.1 Å². The average Bonchev–Trinajstić information content (AvgIpc) is 2.57. The third-order valence-electron chi connectivity index (χ3n) is 4.67. The number of nitrogens with one attached hydrogen (secondary N) is 1. The fraction of sp³-hybridized carbons (Fsp3) is 0.600. The third-order valence-corrected chi connectivity index (χ3v) is 4.67. The summed E-state index contributed by atoms with van der Waals surface area (Å²) >= 11 is 0. The largest absolute Gasteiger partial charge is 0.389 e. The van der Waals surface area contributed by atoms with Crippen LogP contribution in [-0.2, 0) is 4.79 Å². The zero-order valence-electron chi connectivity index (χ0n) is 16.7. The number of carbonyl (C=O) groups excluding carboxylic acids is 2. The Bertz CT molecular complexity index is 706. The highest BCUT2D eigenvalue weighted by Crippen LogP contribution is 2.15. The first-order chi connectivity index (χ1) is 13.1. The second-order valence-corrected chi connectivity index (χ2v) is 7.97. The van der Waals surface area contributed by atoms with Crippen molar-refractivity contribution >= 4 is 11.8 Å². The monoisotopic (exact) mass is 397 g/mol. The number of rotatable bonds is 7. The summed E-state index contributed by atoms with van der Waals surface area (Å²) in [5.74, 6) is -2.26. The molecule has 1 saturated heterocycles. The highest BCUT2D eigenvalue weighted by molar-refractivity contribution is 5.94. The minimum Gasteiger partial charge on any atom is -0.389 e. The second kappa shape index (κ2) is 9.43. The molecule has 1 aromatic rings. The van der Waals surface area contributed by atoms with Crippen LogP contribution in [0.5, 0.6) is 0 Å². The zero-order valence-corrected chi connectivity index (χ0v) is 16.7. The summed E-state index contributed by atoms with van der Waals surface area (Å²) < 4.78 is 26.5. The van der Waals surface area contributed by atoms with Gasteiger partial charge in [-0.2, -0.15) is 0 Å². The number of nitrogens with zero attached hydrogens (tertiary/aromatic N) is 2. The predicted molar refractivity (Wildman–Crippen MR) is 102 cm³/mol. The Kier molecular flexibility index (Phi) is 7.48. The molecule has 8 heteroatoms. The Morgan fingerprint density at radius 3 is 2.61 bits per heavy atom. The zero-order chi connectivity index (χ0) is 20.9. The lowest BCUT2D eigenvalue weighted by Crippen LogP contribution is -2.56. The molecule has 6 nitrogen and oxygen atoms in total. The van der Waals surface area contributed by atoms with Crippen LogP contribution in [-0.4, -0.2) is 71.1 Å². The normalized spacial score (nSPS) is 18.2. The number of hydrogen-bond donors (Lipinski definition) is 2. The number of hydrogen-bond acceptors (Lipinski definition) is 4. The van der Waals surface area contributed by atoms with Crippen LogP contribution in [0, 0.1) is 11.6 Å². The maximum Gasteiger partial charge on any atom is 0.254 e. The summed E-state index contributed by atoms with van der Waals surface area (Å²) in [5.41, 5.74) is -0.988. The number of benzene rings is 1. The summed E-state index contributed by atoms with van der Waals surface area (Å²) in [4.78, 5) is 28.3. The molecule has 1 aromatic carbocycles. The second-order valence-electron chi connectivity index (χ2n) is 7.97. The van der Waals surface area contributed by atoms with E-state index in [1.165, 1.54) is 0 Å². The van der Waals surface area contributed by atoms with Crippen molar-refractivity contribution in [1.82, 2.24) is 15.1 Å². The van der Waals surface area contributed by atoms with Gasteiger partial charge < -0.3 is 15.3 Å². The van der Waals surface area contributed by atoms with E-state index in [4.69, 9.17) is 0 Å². The van der Waals surface area contributed by atoms with E-state index in [1.54, 1.807) is 13.8 Å². The maximum atomic E-state index is 13.6. The standard InChI is InChI=1S/C20H29F2N3O3/c1-14-12-24(13-20(2,3)28)9-10-25(14)18(26)5-4-8-23-19(27)16-7-6-15(21)11-17(16)22/h6-7,11,14,28H,4-5,8-10,12-13H2,1-3H3,(H,23,27)/t14-/m1/s1. The van der Waals surface area contributed by atoms with Gasteiger partial charge in [0.25, 0.3) is 5.91 Å². The molecule has 2 rings (SSSR count). The molecular formula is C20H29F2N3O3. The Morgan fingerprint density at radius 1 is 1.29 bits per heavy atom. The Balaban J connectivity index is 1.73. The van der Waals surface area contributed by atoms with Crippen molar-refractivity contribution in [2.24, 2.45) is 0 Å². The van der Waals surface area contributed by atoms with Crippen molar-refractivity contribution in [2.45, 2.75) is 45.3 Å². The van der Waals surface area contributed by atoms with Gasteiger partial charge in [-0.1, -0.05) is 0 Å². The minimum absolute atomic E-state index is 0.0117. The Hall–Kier alpha value is -2.06. The van der Waals surface area contributed by atoms with Gasteiger partial charge in [0.2, 0.25) is 5.91 Å². The maximum absolute atomic E-state index is 13.6. The van der Waals surface area contributed by atoms with Crippen LogP contribution in [0.4, 0.5) is 8.78 Å². The van der Waals surface area contributed by atoms with Crippen molar-refractivity contribution in [3.63, 3.8) is 0 Å². The number of aliphatic hydroxyl groups is 1. The van der Waals surface area contributed by atoms with Crippen LogP contribution in [0.15, 0.2) is 18.2 Å². The summed E-state index contributed by atoms with van der Waals surface area (Å²) in [6.07, 6.45) is 0.714. The molecule has 1 heterocycles. The topological polar surface area (TPSA) is 72.9 Å². The highest BCUT2D eigenvalue weighted by atomic mass is 19.1. The number of β-amino-alcohol motifs (C(OH)–C–C–N with tert-alkyl or cyclic N) is 1. The number of piperazine rings is 1. The fourth-order valence-corrected chi connectivity index (χ4v) is 3.45. The van der Waals surface area contributed by atoms with Gasteiger partial charge in [-0.15, -0.1) is 0 Å². The van der Waals surface area contributed by atoms with E-state index >= 15 is 0 Å². The smallest absolute Gasteiger partial charge is 0.254 e. The molecule has 0 bridgehead atoms. The number of carbonyl (C=O) groups is 2. The summed E-state index contributed by atoms with van der Waals surface area (Å²) in [6, 6.07) is 2.84. The molecule has 2 N–H and O–H groups in total. The van der Waals surface area contributed by atoms with Crippen molar-refractivity contribution in [3.05, 3.63) is 35.4 Å². The molecule has 1 aliphatic rings. The first-order valence-corrected chi connectivity index (χ1v) is 9.54. The highest BCUT2D eigenvalue weighted by Gasteiger charge is 2.29. The predicted octanol–water partition coefficient (Wildman–Crippen LogP) is 1.78. The van der Waals surface area contributed by atoms with E-state index in [0.29, 0.717) is 38.7 Å². The first kappa shape index (κ1) is 22.2. The Labute approximate surface area is 164 Å². The van der Waals surface area contributed by atoms with E-state index < -0.39 is 23.1 Å². The van der Waals surface area contributed by atoms with Gasteiger partial charge in [0.15, 0.2) is 0 Å². The molecule has 0 saturated carbocycles. The molecule has 156 valence electrons. The van der Waals surface area contributed by atoms with Crippen molar-refractivity contribution in [2.75, 3.05) is 32.7 Å². The van der Waals surface area contributed by atoms with Crippen LogP contribution in [0.1, 0.15) is 44.0 Å². The first-order valence-electron chi connectivity index (χ1n) is 9.54. The summed E-state index contributed by atoms with van der Waals surface area (Å²) in [6.45, 7) is 8.32. The number of halogens is 2. The van der Waals surface area contributed by atoms with Crippen LogP contribution >= 0.6 is 0 Å². The minimum atomic E-state index is -0.911. The van der Waals surface area contributed by atoms with E-state index in [1.807, 2.05) is 11.8 Å². The molecule has 1 fully saturated rings. The number of amides is 2. The van der Waals surface area contributed by atoms with Crippen LogP contribution < -0.4 is 5.32 Å². The third kappa shape index (κ3) is 6.53. The summed E-state index contributed by atoms with van der Waals surface area (Å²) in [7, 11) is 0. The van der Waals surface area contributed by atoms with Crippen LogP contribution in [0.3, 0.4) is 0 Å². The van der Waals surface area contributed by atoms with Crippen LogP contribution in [0.2, 0.25) is 0 Å². The van der Waals surface area contributed by atoms with E-state index in [2.05, 4.69) is 10.2 Å². The summed E-state index contributed by atoms with van der Waals surface area (Å²) in [5, 5.41) is 12.5. The van der Waals surface area contributed by atoms with Gasteiger partial charge in [0.1, 0.15) is 11.6 Å². The van der Waals surface area contributed by atoms with Gasteiger partial charge >= 0.3 is 0 Å². The van der Waals surface area contributed by atoms with Gasteiger partial charge in [-0.05, 0) is 39.3 Å². The molecule has 0 aromatic heterocycles. The molecule has 2 amide bonds. The van der Waals surface area contributed by atoms with Gasteiger partial charge in [0.05, 0.1) is 11.2 Å². The fourth-order valence-electron chi connectivity index (χ4n) is 3.45. The lowest BCUT2D eigenvalue weighted by Gasteiger charge is -2.41. The molecule has 0 aliphatic carbocycles. The molecule has 0 unspecified atom stereocenters. The Morgan fingerprint density at radius 2 is 2.00 bits per heavy atom. The molecular weight excluding hydrogens is 368 g/mol. The van der Waals surface area contributed by atoms with Gasteiger partial charge in [-0.3, -0.25) is 14.5 Å². The molecule has 1 atom stereocenters. The van der Waals surface area contributed by atoms with E-state index in [-0.39, 0.29) is 30.5 Å². The molecule has 0 radical (unpaired) electrons. The molecule has 0 spiro atoms. The lowest BCUT2D eigenvalue weighted by atomic mass is 10.1. The average molecular weight is 397 g/mol. The van der Waals surface area contributed by atoms with Crippen molar-refractivity contribution in [1.29, 1.82) is 0 Å². The molecule has 1 aliphatic heterocycles. The van der Waals surface area contributed by atoms with Crippen LogP contribution in [0.25, 0.3) is 0 Å². The molecule has 28 heavy (non-hydrogen) atoms. The quantitative estimate of drug-likeness (QED) is 0.688. The van der Waals surface area contributed by atoms with Crippen molar-refractivity contribution in [3.8, 4) is 0 Å². The van der Waals surface area contributed by atoms with Gasteiger partial charge in [-0.25, -0.2) is 8.78 Å². The van der Waals surface area contributed by atoms with E-state index in [9.17, 15) is 23.5 Å². The lowest BCUT2D eigenvalue weighted by molar-refractivity contribution is -0.136. The van der Waals surface area contributed by atoms with Crippen molar-refractivity contribution < 1.29 is 23.5 Å².